The summed E-state index contributed by atoms with van der Waals surface area (Å²) in [7, 11) is 0. The third kappa shape index (κ3) is 4.22. The monoisotopic (exact) mass is 137 g/mol. The number of hydrogen-bond acceptors (Lipinski definition) is 1. The molecule has 0 amide bonds. The third-order valence-electron chi connectivity index (χ3n) is 0.236. The van der Waals surface area contributed by atoms with Gasteiger partial charge in [0.1, 0.15) is 0 Å². The average Bonchev–Trinajstić information content (AvgIpc) is 1.41. The first kappa shape index (κ1) is 5.22. The van der Waals surface area contributed by atoms with Crippen molar-refractivity contribution in [3.63, 3.8) is 0 Å². The van der Waals surface area contributed by atoms with Crippen LogP contribution in [0.1, 0.15) is 0 Å². The summed E-state index contributed by atoms with van der Waals surface area (Å²) in [5.74, 6) is 0. The Balaban J connectivity index is 2.40. The van der Waals surface area contributed by atoms with E-state index in [0.29, 0.717) is 0 Å². The third-order valence-corrected chi connectivity index (χ3v) is 0.619. The summed E-state index contributed by atoms with van der Waals surface area (Å²) in [5.41, 5.74) is 0. The summed E-state index contributed by atoms with van der Waals surface area (Å²) in [6.45, 7) is 4.35. The first-order chi connectivity index (χ1) is 2.41. The molecule has 0 saturated heterocycles. The molecule has 0 unspecified atom stereocenters. The molecule has 2 heteroatoms. The quantitative estimate of drug-likeness (QED) is 0.401. The van der Waals surface area contributed by atoms with Crippen LogP contribution in [0.3, 0.4) is 0 Å². The van der Waals surface area contributed by atoms with Gasteiger partial charge in [0.2, 0.25) is 0 Å². The van der Waals surface area contributed by atoms with E-state index < -0.39 is 0 Å². The molecular formula is C3H7NSe. The summed E-state index contributed by atoms with van der Waals surface area (Å²) >= 11 is 2.26. The van der Waals surface area contributed by atoms with Crippen LogP contribution in [0.2, 0.25) is 0 Å². The summed E-state index contributed by atoms with van der Waals surface area (Å²) in [5, 5.41) is 0. The molecule has 0 saturated carbocycles. The maximum absolute atomic E-state index is 3.48. The average molecular weight is 136 g/mol. The Morgan fingerprint density at radius 2 is 2.60 bits per heavy atom. The number of hydrogen-bond donors (Lipinski definition) is 1. The van der Waals surface area contributed by atoms with Crippen molar-refractivity contribution in [3.05, 3.63) is 12.7 Å². The standard InChI is InChI=1S/C3H7NSe/c1-2-3-4-5/h2,4-5H,1,3H2. The van der Waals surface area contributed by atoms with Crippen molar-refractivity contribution in [1.29, 1.82) is 0 Å². The molecule has 0 spiro atoms. The Bertz CT molecular complexity index is 28.1. The Hall–Kier alpha value is 0.219. The van der Waals surface area contributed by atoms with Gasteiger partial charge in [-0.3, -0.25) is 0 Å². The van der Waals surface area contributed by atoms with E-state index in [2.05, 4.69) is 27.1 Å². The number of rotatable bonds is 2. The molecule has 0 rings (SSSR count). The molecule has 0 aromatic carbocycles. The second-order valence-electron chi connectivity index (χ2n) is 0.651. The molecule has 0 aromatic heterocycles. The number of nitrogens with one attached hydrogen (secondary N) is 1. The van der Waals surface area contributed by atoms with Gasteiger partial charge in [-0.1, -0.05) is 0 Å². The Morgan fingerprint density at radius 3 is 2.60 bits per heavy atom. The van der Waals surface area contributed by atoms with Crippen LogP contribution in [-0.4, -0.2) is 22.8 Å². The van der Waals surface area contributed by atoms with Crippen LogP contribution >= 0.6 is 0 Å². The zero-order chi connectivity index (χ0) is 4.12. The van der Waals surface area contributed by atoms with Gasteiger partial charge in [-0.15, -0.1) is 0 Å². The van der Waals surface area contributed by atoms with E-state index in [1.807, 2.05) is 0 Å². The fourth-order valence-corrected chi connectivity index (χ4v) is 0.335. The van der Waals surface area contributed by atoms with Crippen molar-refractivity contribution in [3.8, 4) is 0 Å². The van der Waals surface area contributed by atoms with Crippen LogP contribution in [-0.2, 0) is 0 Å². The Labute approximate surface area is 40.5 Å². The molecule has 0 heterocycles. The van der Waals surface area contributed by atoms with Crippen LogP contribution in [0, 0.1) is 0 Å². The van der Waals surface area contributed by atoms with Crippen LogP contribution in [0.4, 0.5) is 0 Å². The molecular weight excluding hydrogens is 129 g/mol. The van der Waals surface area contributed by atoms with Crippen LogP contribution in [0.15, 0.2) is 12.7 Å². The Kier molecular flexibility index (Phi) is 4.40. The minimum absolute atomic E-state index is 0.875. The van der Waals surface area contributed by atoms with E-state index >= 15 is 0 Å². The fourth-order valence-electron chi connectivity index (χ4n) is 0.0645. The molecule has 30 valence electrons. The zero-order valence-electron chi connectivity index (χ0n) is 2.94. The van der Waals surface area contributed by atoms with E-state index in [9.17, 15) is 0 Å². The summed E-state index contributed by atoms with van der Waals surface area (Å²) < 4.78 is 2.84. The van der Waals surface area contributed by atoms with Crippen LogP contribution < -0.4 is 4.33 Å². The van der Waals surface area contributed by atoms with Gasteiger partial charge in [0.15, 0.2) is 0 Å². The van der Waals surface area contributed by atoms with Crippen molar-refractivity contribution < 1.29 is 0 Å². The van der Waals surface area contributed by atoms with Gasteiger partial charge in [-0.2, -0.15) is 0 Å². The van der Waals surface area contributed by atoms with Crippen molar-refractivity contribution in [2.45, 2.75) is 0 Å². The Morgan fingerprint density at radius 1 is 2.00 bits per heavy atom. The van der Waals surface area contributed by atoms with Gasteiger partial charge in [0.05, 0.1) is 0 Å². The van der Waals surface area contributed by atoms with Gasteiger partial charge >= 0.3 is 39.8 Å². The summed E-state index contributed by atoms with van der Waals surface area (Å²) in [6.07, 6.45) is 1.80. The van der Waals surface area contributed by atoms with Gasteiger partial charge in [-0.25, -0.2) is 0 Å². The van der Waals surface area contributed by atoms with Crippen molar-refractivity contribution in [1.82, 2.24) is 4.33 Å². The maximum atomic E-state index is 3.48. The molecule has 1 N–H and O–H groups in total. The SMILES string of the molecule is C=CCN[SeH]. The molecule has 1 nitrogen and oxygen atoms in total. The van der Waals surface area contributed by atoms with Crippen LogP contribution in [0.25, 0.3) is 0 Å². The molecule has 5 heavy (non-hydrogen) atoms. The normalized spacial score (nSPS) is 7.40. The predicted octanol–water partition coefficient (Wildman–Crippen LogP) is -0.422. The van der Waals surface area contributed by atoms with Crippen molar-refractivity contribution in [2.75, 3.05) is 6.54 Å². The first-order valence-electron chi connectivity index (χ1n) is 1.39. The molecule has 0 atom stereocenters. The molecule has 0 aliphatic heterocycles. The predicted molar refractivity (Wildman–Crippen MR) is 25.3 cm³/mol. The second-order valence-corrected chi connectivity index (χ2v) is 1.31. The fraction of sp³-hybridized carbons (Fsp3) is 0.333. The van der Waals surface area contributed by atoms with Gasteiger partial charge in [0, 0.05) is 0 Å². The molecule has 0 radical (unpaired) electrons. The zero-order valence-corrected chi connectivity index (χ0v) is 4.82. The minimum atomic E-state index is 0.875. The second kappa shape index (κ2) is 4.22. The van der Waals surface area contributed by atoms with Gasteiger partial charge in [0.25, 0.3) is 0 Å². The van der Waals surface area contributed by atoms with Crippen molar-refractivity contribution in [2.24, 2.45) is 0 Å². The van der Waals surface area contributed by atoms with E-state index in [4.69, 9.17) is 0 Å². The van der Waals surface area contributed by atoms with Crippen molar-refractivity contribution >= 4 is 16.2 Å². The molecule has 0 bridgehead atoms. The molecule has 0 fully saturated rings. The van der Waals surface area contributed by atoms with Crippen LogP contribution in [0.5, 0.6) is 0 Å². The van der Waals surface area contributed by atoms with E-state index in [1.54, 1.807) is 6.08 Å². The summed E-state index contributed by atoms with van der Waals surface area (Å²) in [4.78, 5) is 0. The topological polar surface area (TPSA) is 12.0 Å². The van der Waals surface area contributed by atoms with Gasteiger partial charge < -0.3 is 0 Å². The molecule has 0 aliphatic carbocycles. The van der Waals surface area contributed by atoms with E-state index in [1.165, 1.54) is 0 Å². The van der Waals surface area contributed by atoms with E-state index in [0.717, 1.165) is 6.54 Å². The first-order valence-corrected chi connectivity index (χ1v) is 2.33. The molecule has 0 aliphatic rings. The molecule has 0 aromatic rings. The van der Waals surface area contributed by atoms with Gasteiger partial charge in [-0.05, 0) is 0 Å². The van der Waals surface area contributed by atoms with E-state index in [-0.39, 0.29) is 0 Å². The summed E-state index contributed by atoms with van der Waals surface area (Å²) in [6, 6.07) is 0.